The Morgan fingerprint density at radius 1 is 1.11 bits per heavy atom. The SMILES string of the molecule is C/C=C\[C@H](C)/C=C(\C)[C@H](O)[C@@H](CO[Si](C)(C)C(C)(C)C)C(=O)[C@H](C)COCc1ccc(OC)cc1. The van der Waals surface area contributed by atoms with E-state index in [4.69, 9.17) is 13.9 Å². The maximum Gasteiger partial charge on any atom is 0.192 e. The van der Waals surface area contributed by atoms with Gasteiger partial charge in [0.2, 0.25) is 0 Å². The molecular weight excluding hydrogens is 456 g/mol. The smallest absolute Gasteiger partial charge is 0.192 e. The molecule has 0 aliphatic rings. The second-order valence-electron chi connectivity index (χ2n) is 11.1. The molecule has 6 heteroatoms. The Morgan fingerprint density at radius 3 is 2.23 bits per heavy atom. The molecule has 0 heterocycles. The van der Waals surface area contributed by atoms with Crippen LogP contribution in [0.1, 0.15) is 54.0 Å². The van der Waals surface area contributed by atoms with Gasteiger partial charge in [-0.3, -0.25) is 4.79 Å². The van der Waals surface area contributed by atoms with Crippen LogP contribution < -0.4 is 4.74 Å². The fraction of sp³-hybridized carbons (Fsp3) is 0.621. The van der Waals surface area contributed by atoms with Gasteiger partial charge in [0.1, 0.15) is 11.5 Å². The Labute approximate surface area is 214 Å². The quantitative estimate of drug-likeness (QED) is 0.229. The summed E-state index contributed by atoms with van der Waals surface area (Å²) in [6.45, 7) is 19.6. The normalized spacial score (nSPS) is 16.7. The number of rotatable bonds is 14. The Hall–Kier alpha value is -1.73. The lowest BCUT2D eigenvalue weighted by Crippen LogP contribution is -2.45. The first-order valence-corrected chi connectivity index (χ1v) is 15.5. The lowest BCUT2D eigenvalue weighted by Gasteiger charge is -2.38. The van der Waals surface area contributed by atoms with E-state index < -0.39 is 20.3 Å². The molecule has 0 spiro atoms. The van der Waals surface area contributed by atoms with Gasteiger partial charge >= 0.3 is 0 Å². The molecule has 35 heavy (non-hydrogen) atoms. The Morgan fingerprint density at radius 2 is 1.71 bits per heavy atom. The molecule has 1 rings (SSSR count). The summed E-state index contributed by atoms with van der Waals surface area (Å²) in [5.41, 5.74) is 1.80. The van der Waals surface area contributed by atoms with Crippen LogP contribution >= 0.6 is 0 Å². The molecule has 198 valence electrons. The van der Waals surface area contributed by atoms with Crippen molar-refractivity contribution in [1.29, 1.82) is 0 Å². The van der Waals surface area contributed by atoms with Crippen molar-refractivity contribution in [3.8, 4) is 5.75 Å². The minimum Gasteiger partial charge on any atom is -0.497 e. The Kier molecular flexibility index (Phi) is 12.6. The molecule has 1 N–H and O–H groups in total. The van der Waals surface area contributed by atoms with E-state index in [1.807, 2.05) is 57.2 Å². The van der Waals surface area contributed by atoms with Crippen LogP contribution in [0.4, 0.5) is 0 Å². The minimum atomic E-state index is -2.09. The number of Topliss-reactive ketones (excluding diaryl/α,β-unsaturated/α-hetero) is 1. The van der Waals surface area contributed by atoms with Crippen molar-refractivity contribution in [2.45, 2.75) is 79.3 Å². The van der Waals surface area contributed by atoms with Crippen LogP contribution in [-0.4, -0.2) is 45.6 Å². The molecule has 0 aromatic heterocycles. The van der Waals surface area contributed by atoms with Crippen molar-refractivity contribution in [3.63, 3.8) is 0 Å². The topological polar surface area (TPSA) is 65.0 Å². The lowest BCUT2D eigenvalue weighted by molar-refractivity contribution is -0.132. The molecule has 0 saturated heterocycles. The Balaban J connectivity index is 2.96. The molecule has 1 aromatic carbocycles. The van der Waals surface area contributed by atoms with E-state index in [2.05, 4.69) is 46.9 Å². The number of benzene rings is 1. The molecule has 4 atom stereocenters. The van der Waals surface area contributed by atoms with Crippen molar-refractivity contribution in [2.75, 3.05) is 20.3 Å². The Bertz CT molecular complexity index is 836. The molecule has 0 aliphatic carbocycles. The highest BCUT2D eigenvalue weighted by molar-refractivity contribution is 6.74. The highest BCUT2D eigenvalue weighted by atomic mass is 28.4. The molecule has 0 saturated carbocycles. The number of ketones is 1. The largest absolute Gasteiger partial charge is 0.497 e. The van der Waals surface area contributed by atoms with E-state index in [1.165, 1.54) is 0 Å². The number of carbonyl (C=O) groups is 1. The number of ether oxygens (including phenoxy) is 2. The molecule has 0 aliphatic heterocycles. The lowest BCUT2D eigenvalue weighted by atomic mass is 9.86. The maximum absolute atomic E-state index is 13.5. The minimum absolute atomic E-state index is 0.0178. The first-order chi connectivity index (χ1) is 16.2. The van der Waals surface area contributed by atoms with Crippen molar-refractivity contribution in [1.82, 2.24) is 0 Å². The fourth-order valence-electron chi connectivity index (χ4n) is 3.56. The molecule has 0 amide bonds. The maximum atomic E-state index is 13.5. The second-order valence-corrected chi connectivity index (χ2v) is 15.9. The monoisotopic (exact) mass is 504 g/mol. The summed E-state index contributed by atoms with van der Waals surface area (Å²) in [7, 11) is -0.451. The van der Waals surface area contributed by atoms with Crippen LogP contribution in [0.3, 0.4) is 0 Å². The van der Waals surface area contributed by atoms with Gasteiger partial charge in [0.25, 0.3) is 0 Å². The van der Waals surface area contributed by atoms with Crippen LogP contribution in [0.2, 0.25) is 18.1 Å². The van der Waals surface area contributed by atoms with E-state index in [1.54, 1.807) is 7.11 Å². The van der Waals surface area contributed by atoms with Gasteiger partial charge in [-0.1, -0.05) is 65.0 Å². The third-order valence-corrected chi connectivity index (χ3v) is 11.4. The van der Waals surface area contributed by atoms with Crippen LogP contribution in [0.5, 0.6) is 5.75 Å². The van der Waals surface area contributed by atoms with Gasteiger partial charge in [-0.15, -0.1) is 0 Å². The summed E-state index contributed by atoms with van der Waals surface area (Å²) in [4.78, 5) is 13.5. The van der Waals surface area contributed by atoms with Gasteiger partial charge in [0, 0.05) is 12.5 Å². The van der Waals surface area contributed by atoms with Gasteiger partial charge in [0.05, 0.1) is 32.3 Å². The van der Waals surface area contributed by atoms with E-state index in [-0.39, 0.29) is 35.9 Å². The predicted molar refractivity (Wildman–Crippen MR) is 147 cm³/mol. The van der Waals surface area contributed by atoms with Crippen LogP contribution in [0, 0.1) is 17.8 Å². The predicted octanol–water partition coefficient (Wildman–Crippen LogP) is 6.57. The van der Waals surface area contributed by atoms with Crippen molar-refractivity contribution in [3.05, 3.63) is 53.6 Å². The standard InChI is InChI=1S/C29H48O5Si/c1-11-12-21(2)17-22(3)27(30)26(20-34-35(9,10)29(5,6)7)28(31)23(4)18-33-19-24-13-15-25(32-8)16-14-24/h11-17,21,23,26-27,30H,18-20H2,1-10H3/b12-11-,22-17+/t21-,23+,26+,27-/m0/s1. The third-order valence-electron chi connectivity index (χ3n) is 6.95. The van der Waals surface area contributed by atoms with Crippen molar-refractivity contribution in [2.24, 2.45) is 17.8 Å². The zero-order chi connectivity index (χ0) is 26.8. The van der Waals surface area contributed by atoms with Crippen LogP contribution in [-0.2, 0) is 20.6 Å². The molecule has 0 radical (unpaired) electrons. The van der Waals surface area contributed by atoms with Crippen LogP contribution in [0.25, 0.3) is 0 Å². The average molecular weight is 505 g/mol. The molecule has 1 aromatic rings. The zero-order valence-corrected chi connectivity index (χ0v) is 24.6. The highest BCUT2D eigenvalue weighted by Gasteiger charge is 2.40. The summed E-state index contributed by atoms with van der Waals surface area (Å²) >= 11 is 0. The third kappa shape index (κ3) is 10.0. The first-order valence-electron chi connectivity index (χ1n) is 12.6. The van der Waals surface area contributed by atoms with Gasteiger partial charge < -0.3 is 19.0 Å². The summed E-state index contributed by atoms with van der Waals surface area (Å²) in [5, 5.41) is 11.3. The number of methoxy groups -OCH3 is 1. The van der Waals surface area contributed by atoms with E-state index in [9.17, 15) is 9.90 Å². The van der Waals surface area contributed by atoms with E-state index in [0.29, 0.717) is 6.61 Å². The zero-order valence-electron chi connectivity index (χ0n) is 23.6. The van der Waals surface area contributed by atoms with E-state index >= 15 is 0 Å². The molecule has 0 unspecified atom stereocenters. The number of carbonyl (C=O) groups excluding carboxylic acids is 1. The molecule has 0 fully saturated rings. The summed E-state index contributed by atoms with van der Waals surface area (Å²) < 4.78 is 17.5. The summed E-state index contributed by atoms with van der Waals surface area (Å²) in [5.74, 6) is -0.0631. The molecule has 0 bridgehead atoms. The van der Waals surface area contributed by atoms with E-state index in [0.717, 1.165) is 16.9 Å². The van der Waals surface area contributed by atoms with Gasteiger partial charge in [0.15, 0.2) is 8.32 Å². The number of hydrogen-bond donors (Lipinski definition) is 1. The van der Waals surface area contributed by atoms with Gasteiger partial charge in [-0.05, 0) is 61.2 Å². The fourth-order valence-corrected chi connectivity index (χ4v) is 4.59. The van der Waals surface area contributed by atoms with Gasteiger partial charge in [-0.25, -0.2) is 0 Å². The molecular formula is C29H48O5Si. The number of aliphatic hydroxyl groups is 1. The van der Waals surface area contributed by atoms with Crippen molar-refractivity contribution < 1.29 is 23.8 Å². The molecule has 5 nitrogen and oxygen atoms in total. The highest BCUT2D eigenvalue weighted by Crippen LogP contribution is 2.37. The van der Waals surface area contributed by atoms with Gasteiger partial charge in [-0.2, -0.15) is 0 Å². The van der Waals surface area contributed by atoms with Crippen molar-refractivity contribution >= 4 is 14.1 Å². The summed E-state index contributed by atoms with van der Waals surface area (Å²) in [6, 6.07) is 7.68. The summed E-state index contributed by atoms with van der Waals surface area (Å²) in [6.07, 6.45) is 5.17. The van der Waals surface area contributed by atoms with Crippen LogP contribution in [0.15, 0.2) is 48.1 Å². The number of hydrogen-bond acceptors (Lipinski definition) is 5. The number of aliphatic hydroxyl groups excluding tert-OH is 1. The first kappa shape index (κ1) is 31.3. The second kappa shape index (κ2) is 14.1. The average Bonchev–Trinajstić information content (AvgIpc) is 2.78. The number of allylic oxidation sites excluding steroid dienone is 3.